The van der Waals surface area contributed by atoms with Crippen LogP contribution in [0.15, 0.2) is 36.7 Å². The van der Waals surface area contributed by atoms with E-state index in [0.717, 1.165) is 18.6 Å². The lowest BCUT2D eigenvalue weighted by Gasteiger charge is -2.16. The minimum atomic E-state index is -4.36. The Morgan fingerprint density at radius 1 is 1.26 bits per heavy atom. The van der Waals surface area contributed by atoms with Crippen LogP contribution in [0.2, 0.25) is 0 Å². The van der Waals surface area contributed by atoms with Crippen LogP contribution in [0.3, 0.4) is 0 Å². The molecule has 0 spiro atoms. The first-order valence-corrected chi connectivity index (χ1v) is 7.23. The van der Waals surface area contributed by atoms with Gasteiger partial charge in [0.25, 0.3) is 0 Å². The molecule has 0 radical (unpaired) electrons. The molecule has 0 saturated carbocycles. The lowest BCUT2D eigenvalue weighted by molar-refractivity contribution is -0.137. The van der Waals surface area contributed by atoms with Gasteiger partial charge in [0.1, 0.15) is 0 Å². The van der Waals surface area contributed by atoms with Gasteiger partial charge in [0, 0.05) is 19.3 Å². The third-order valence-corrected chi connectivity index (χ3v) is 3.97. The molecule has 1 aliphatic heterocycles. The number of alkyl halides is 3. The Morgan fingerprint density at radius 2 is 2.00 bits per heavy atom. The van der Waals surface area contributed by atoms with Gasteiger partial charge in [-0.15, -0.1) is 5.10 Å². The molecule has 1 aromatic carbocycles. The predicted molar refractivity (Wildman–Crippen MR) is 75.4 cm³/mol. The zero-order valence-electron chi connectivity index (χ0n) is 12.2. The highest BCUT2D eigenvalue weighted by atomic mass is 19.4. The van der Waals surface area contributed by atoms with Crippen LogP contribution in [-0.4, -0.2) is 38.9 Å². The van der Waals surface area contributed by atoms with Crippen LogP contribution in [0.25, 0.3) is 0 Å². The summed E-state index contributed by atoms with van der Waals surface area (Å²) in [5.41, 5.74) is -0.131. The monoisotopic (exact) mass is 324 g/mol. The smallest absolute Gasteiger partial charge is 0.340 e. The molecule has 1 atom stereocenters. The Kier molecular flexibility index (Phi) is 4.06. The number of halogens is 3. The van der Waals surface area contributed by atoms with Crippen molar-refractivity contribution in [2.24, 2.45) is 0 Å². The topological polar surface area (TPSA) is 51.0 Å². The van der Waals surface area contributed by atoms with Crippen molar-refractivity contribution in [1.82, 2.24) is 19.9 Å². The lowest BCUT2D eigenvalue weighted by atomic mass is 10.1. The van der Waals surface area contributed by atoms with Gasteiger partial charge in [-0.05, 0) is 24.1 Å². The van der Waals surface area contributed by atoms with Crippen molar-refractivity contribution in [3.05, 3.63) is 47.8 Å². The molecule has 3 rings (SSSR count). The van der Waals surface area contributed by atoms with E-state index in [9.17, 15) is 18.0 Å². The zero-order valence-corrected chi connectivity index (χ0v) is 12.2. The molecule has 1 fully saturated rings. The molecule has 8 heteroatoms. The van der Waals surface area contributed by atoms with Gasteiger partial charge in [-0.1, -0.05) is 17.3 Å². The lowest BCUT2D eigenvalue weighted by Crippen LogP contribution is -2.30. The molecule has 2 heterocycles. The molecule has 1 aromatic heterocycles. The first-order valence-electron chi connectivity index (χ1n) is 7.23. The molecule has 0 N–H and O–H groups in total. The molecule has 1 amide bonds. The Morgan fingerprint density at radius 3 is 2.61 bits per heavy atom. The molecule has 1 saturated heterocycles. The highest BCUT2D eigenvalue weighted by Crippen LogP contribution is 2.29. The van der Waals surface area contributed by atoms with Gasteiger partial charge in [0.05, 0.1) is 24.2 Å². The molecule has 0 aliphatic carbocycles. The summed E-state index contributed by atoms with van der Waals surface area (Å²) in [4.78, 5) is 14.0. The number of benzene rings is 1. The van der Waals surface area contributed by atoms with Crippen LogP contribution in [0.5, 0.6) is 0 Å². The van der Waals surface area contributed by atoms with E-state index in [-0.39, 0.29) is 18.4 Å². The van der Waals surface area contributed by atoms with E-state index in [1.54, 1.807) is 22.0 Å². The second kappa shape index (κ2) is 6.02. The van der Waals surface area contributed by atoms with Crippen molar-refractivity contribution in [2.75, 3.05) is 13.1 Å². The summed E-state index contributed by atoms with van der Waals surface area (Å²) in [5, 5.41) is 7.68. The molecule has 122 valence electrons. The first kappa shape index (κ1) is 15.5. The SMILES string of the molecule is O=C(Cc1ccc(C(F)(F)F)cc1)N1CCC(n2ccnn2)C1. The normalized spacial score (nSPS) is 18.4. The molecule has 2 aromatic rings. The molecular weight excluding hydrogens is 309 g/mol. The second-order valence-electron chi connectivity index (χ2n) is 5.54. The van der Waals surface area contributed by atoms with Crippen LogP contribution >= 0.6 is 0 Å². The van der Waals surface area contributed by atoms with Crippen LogP contribution < -0.4 is 0 Å². The molecule has 23 heavy (non-hydrogen) atoms. The molecule has 0 bridgehead atoms. The van der Waals surface area contributed by atoms with Gasteiger partial charge < -0.3 is 4.90 Å². The maximum absolute atomic E-state index is 12.5. The fourth-order valence-electron chi connectivity index (χ4n) is 2.69. The fourth-order valence-corrected chi connectivity index (χ4v) is 2.69. The Labute approximate surface area is 130 Å². The largest absolute Gasteiger partial charge is 0.416 e. The van der Waals surface area contributed by atoms with Crippen molar-refractivity contribution < 1.29 is 18.0 Å². The van der Waals surface area contributed by atoms with Gasteiger partial charge in [0.15, 0.2) is 0 Å². The summed E-state index contributed by atoms with van der Waals surface area (Å²) in [5.74, 6) is -0.0904. The van der Waals surface area contributed by atoms with Crippen LogP contribution in [0, 0.1) is 0 Å². The Hall–Kier alpha value is -2.38. The second-order valence-corrected chi connectivity index (χ2v) is 5.54. The van der Waals surface area contributed by atoms with E-state index in [1.807, 2.05) is 0 Å². The first-order chi connectivity index (χ1) is 10.9. The minimum absolute atomic E-state index is 0.0904. The summed E-state index contributed by atoms with van der Waals surface area (Å²) < 4.78 is 39.3. The van der Waals surface area contributed by atoms with Crippen molar-refractivity contribution in [3.8, 4) is 0 Å². The highest BCUT2D eigenvalue weighted by molar-refractivity contribution is 5.79. The highest BCUT2D eigenvalue weighted by Gasteiger charge is 2.30. The molecule has 1 unspecified atom stereocenters. The number of hydrogen-bond acceptors (Lipinski definition) is 3. The number of carbonyl (C=O) groups is 1. The van der Waals surface area contributed by atoms with Gasteiger partial charge in [-0.25, -0.2) is 4.68 Å². The molecule has 5 nitrogen and oxygen atoms in total. The van der Waals surface area contributed by atoms with E-state index >= 15 is 0 Å². The summed E-state index contributed by atoms with van der Waals surface area (Å²) in [6, 6.07) is 4.82. The van der Waals surface area contributed by atoms with Crippen molar-refractivity contribution in [3.63, 3.8) is 0 Å². The van der Waals surface area contributed by atoms with Gasteiger partial charge in [0.2, 0.25) is 5.91 Å². The zero-order chi connectivity index (χ0) is 16.4. The number of amides is 1. The predicted octanol–water partition coefficient (Wildman–Crippen LogP) is 2.31. The number of nitrogens with zero attached hydrogens (tertiary/aromatic N) is 4. The summed E-state index contributed by atoms with van der Waals surface area (Å²) in [6.45, 7) is 1.16. The average Bonchev–Trinajstić information content (AvgIpc) is 3.18. The Balaban J connectivity index is 1.59. The van der Waals surface area contributed by atoms with E-state index in [0.29, 0.717) is 18.7 Å². The maximum atomic E-state index is 12.5. The summed E-state index contributed by atoms with van der Waals surface area (Å²) in [7, 11) is 0. The number of carbonyl (C=O) groups excluding carboxylic acids is 1. The van der Waals surface area contributed by atoms with Crippen molar-refractivity contribution in [1.29, 1.82) is 0 Å². The quantitative estimate of drug-likeness (QED) is 0.870. The number of rotatable bonds is 3. The van der Waals surface area contributed by atoms with Crippen molar-refractivity contribution in [2.45, 2.75) is 25.1 Å². The van der Waals surface area contributed by atoms with Gasteiger partial charge >= 0.3 is 6.18 Å². The third-order valence-electron chi connectivity index (χ3n) is 3.97. The molecule has 1 aliphatic rings. The van der Waals surface area contributed by atoms with Crippen molar-refractivity contribution >= 4 is 5.91 Å². The number of aromatic nitrogens is 3. The van der Waals surface area contributed by atoms with Crippen LogP contribution in [0.1, 0.15) is 23.6 Å². The fraction of sp³-hybridized carbons (Fsp3) is 0.400. The van der Waals surface area contributed by atoms with E-state index in [4.69, 9.17) is 0 Å². The number of hydrogen-bond donors (Lipinski definition) is 0. The summed E-state index contributed by atoms with van der Waals surface area (Å²) >= 11 is 0. The van der Waals surface area contributed by atoms with Crippen LogP contribution in [-0.2, 0) is 17.4 Å². The van der Waals surface area contributed by atoms with E-state index in [2.05, 4.69) is 10.3 Å². The summed E-state index contributed by atoms with van der Waals surface area (Å²) in [6.07, 6.45) is -0.117. The average molecular weight is 324 g/mol. The number of likely N-dealkylation sites (tertiary alicyclic amines) is 1. The van der Waals surface area contributed by atoms with Gasteiger partial charge in [-0.3, -0.25) is 4.79 Å². The van der Waals surface area contributed by atoms with E-state index in [1.165, 1.54) is 12.1 Å². The molecular formula is C15H15F3N4O. The Bertz CT molecular complexity index is 667. The van der Waals surface area contributed by atoms with E-state index < -0.39 is 11.7 Å². The van der Waals surface area contributed by atoms with Gasteiger partial charge in [-0.2, -0.15) is 13.2 Å². The minimum Gasteiger partial charge on any atom is -0.340 e. The standard InChI is InChI=1S/C15H15F3N4O/c16-15(17,18)12-3-1-11(2-4-12)9-14(23)21-7-5-13(10-21)22-8-6-19-20-22/h1-4,6,8,13H,5,7,9-10H2. The third kappa shape index (κ3) is 3.52. The maximum Gasteiger partial charge on any atom is 0.416 e. The van der Waals surface area contributed by atoms with Crippen LogP contribution in [0.4, 0.5) is 13.2 Å².